The van der Waals surface area contributed by atoms with Crippen LogP contribution in [0.15, 0.2) is 45.9 Å². The number of nitrogens with zero attached hydrogens (tertiary/aromatic N) is 2. The number of hydrogen-bond donors (Lipinski definition) is 2. The largest absolute Gasteiger partial charge is 0.356 e. The van der Waals surface area contributed by atoms with Gasteiger partial charge in [-0.3, -0.25) is 4.99 Å². The SMILES string of the molecule is CN=C(NCc1cc(-c2ccccc2)on1)NCC(C)(C)SC.I. The predicted molar refractivity (Wildman–Crippen MR) is 113 cm³/mol. The molecule has 132 valence electrons. The number of aromatic nitrogens is 1. The molecule has 0 spiro atoms. The van der Waals surface area contributed by atoms with Crippen molar-refractivity contribution in [1.29, 1.82) is 0 Å². The molecule has 0 atom stereocenters. The van der Waals surface area contributed by atoms with Gasteiger partial charge in [-0.25, -0.2) is 0 Å². The second-order valence-electron chi connectivity index (χ2n) is 5.79. The smallest absolute Gasteiger partial charge is 0.191 e. The molecule has 0 radical (unpaired) electrons. The third-order valence-corrected chi connectivity index (χ3v) is 4.76. The summed E-state index contributed by atoms with van der Waals surface area (Å²) in [5, 5.41) is 10.7. The van der Waals surface area contributed by atoms with Gasteiger partial charge in [0.25, 0.3) is 0 Å². The fourth-order valence-electron chi connectivity index (χ4n) is 1.90. The molecule has 0 unspecified atom stereocenters. The van der Waals surface area contributed by atoms with Gasteiger partial charge in [-0.1, -0.05) is 35.5 Å². The van der Waals surface area contributed by atoms with E-state index in [1.165, 1.54) is 0 Å². The summed E-state index contributed by atoms with van der Waals surface area (Å²) in [5.74, 6) is 1.53. The number of benzene rings is 1. The summed E-state index contributed by atoms with van der Waals surface area (Å²) in [6.07, 6.45) is 2.11. The molecule has 0 bridgehead atoms. The maximum absolute atomic E-state index is 5.39. The van der Waals surface area contributed by atoms with Crippen molar-refractivity contribution in [3.05, 3.63) is 42.1 Å². The summed E-state index contributed by atoms with van der Waals surface area (Å²) in [5.41, 5.74) is 1.87. The molecule has 0 saturated heterocycles. The Kier molecular flexibility index (Phi) is 8.61. The van der Waals surface area contributed by atoms with Crippen molar-refractivity contribution in [2.45, 2.75) is 25.1 Å². The van der Waals surface area contributed by atoms with E-state index in [0.29, 0.717) is 6.54 Å². The number of aliphatic imine (C=N–C) groups is 1. The molecular weight excluding hydrogens is 435 g/mol. The molecule has 7 heteroatoms. The molecular formula is C17H25IN4OS. The highest BCUT2D eigenvalue weighted by molar-refractivity contribution is 14.0. The summed E-state index contributed by atoms with van der Waals surface area (Å²) in [4.78, 5) is 4.23. The lowest BCUT2D eigenvalue weighted by molar-refractivity contribution is 0.422. The maximum Gasteiger partial charge on any atom is 0.191 e. The van der Waals surface area contributed by atoms with Crippen molar-refractivity contribution in [1.82, 2.24) is 15.8 Å². The van der Waals surface area contributed by atoms with Crippen molar-refractivity contribution in [2.75, 3.05) is 19.8 Å². The van der Waals surface area contributed by atoms with Gasteiger partial charge in [0.2, 0.25) is 0 Å². The Morgan fingerprint density at radius 1 is 1.25 bits per heavy atom. The first kappa shape index (κ1) is 20.8. The van der Waals surface area contributed by atoms with Crippen LogP contribution in [0.2, 0.25) is 0 Å². The summed E-state index contributed by atoms with van der Waals surface area (Å²) in [6, 6.07) is 11.9. The number of rotatable bonds is 6. The minimum atomic E-state index is 0. The van der Waals surface area contributed by atoms with E-state index in [-0.39, 0.29) is 28.7 Å². The van der Waals surface area contributed by atoms with E-state index in [1.54, 1.807) is 7.05 Å². The van der Waals surface area contributed by atoms with Crippen LogP contribution >= 0.6 is 35.7 Å². The molecule has 5 nitrogen and oxygen atoms in total. The fourth-order valence-corrected chi connectivity index (χ4v) is 2.11. The summed E-state index contributed by atoms with van der Waals surface area (Å²) in [6.45, 7) is 5.79. The number of thioether (sulfide) groups is 1. The minimum Gasteiger partial charge on any atom is -0.356 e. The van der Waals surface area contributed by atoms with Crippen molar-refractivity contribution in [3.63, 3.8) is 0 Å². The fraction of sp³-hybridized carbons (Fsp3) is 0.412. The minimum absolute atomic E-state index is 0. The molecule has 2 aromatic rings. The van der Waals surface area contributed by atoms with E-state index in [4.69, 9.17) is 4.52 Å². The molecule has 1 aromatic heterocycles. The van der Waals surface area contributed by atoms with Crippen LogP contribution in [-0.4, -0.2) is 35.7 Å². The first-order valence-electron chi connectivity index (χ1n) is 7.55. The van der Waals surface area contributed by atoms with Gasteiger partial charge < -0.3 is 15.2 Å². The van der Waals surface area contributed by atoms with E-state index < -0.39 is 0 Å². The summed E-state index contributed by atoms with van der Waals surface area (Å²) < 4.78 is 5.55. The Labute approximate surface area is 165 Å². The van der Waals surface area contributed by atoms with E-state index in [2.05, 4.69) is 40.9 Å². The Bertz CT molecular complexity index is 643. The van der Waals surface area contributed by atoms with Crippen LogP contribution in [0.3, 0.4) is 0 Å². The third kappa shape index (κ3) is 6.35. The maximum atomic E-state index is 5.39. The summed E-state index contributed by atoms with van der Waals surface area (Å²) >= 11 is 1.82. The Balaban J connectivity index is 0.00000288. The molecule has 0 saturated carbocycles. The van der Waals surface area contributed by atoms with Gasteiger partial charge in [-0.15, -0.1) is 24.0 Å². The van der Waals surface area contributed by atoms with Gasteiger partial charge >= 0.3 is 0 Å². The molecule has 0 fully saturated rings. The standard InChI is InChI=1S/C17H24N4OS.HI/c1-17(2,23-4)12-20-16(18-3)19-11-14-10-15(22-21-14)13-8-6-5-7-9-13;/h5-10H,11-12H2,1-4H3,(H2,18,19,20);1H. The zero-order valence-corrected chi connectivity index (χ0v) is 17.6. The normalized spacial score (nSPS) is 11.8. The average Bonchev–Trinajstić information content (AvgIpc) is 3.05. The number of hydrogen-bond acceptors (Lipinski definition) is 4. The second kappa shape index (κ2) is 9.93. The number of halogens is 1. The van der Waals surface area contributed by atoms with Crippen LogP contribution < -0.4 is 10.6 Å². The van der Waals surface area contributed by atoms with Crippen molar-refractivity contribution in [3.8, 4) is 11.3 Å². The first-order valence-corrected chi connectivity index (χ1v) is 8.77. The van der Waals surface area contributed by atoms with Gasteiger partial charge in [-0.2, -0.15) is 11.8 Å². The predicted octanol–water partition coefficient (Wildman–Crippen LogP) is 3.77. The average molecular weight is 460 g/mol. The lowest BCUT2D eigenvalue weighted by atomic mass is 10.2. The quantitative estimate of drug-likeness (QED) is 0.391. The zero-order valence-electron chi connectivity index (χ0n) is 14.5. The highest BCUT2D eigenvalue weighted by Gasteiger charge is 2.16. The highest BCUT2D eigenvalue weighted by atomic mass is 127. The van der Waals surface area contributed by atoms with Crippen LogP contribution in [0.4, 0.5) is 0 Å². The Morgan fingerprint density at radius 3 is 2.58 bits per heavy atom. The van der Waals surface area contributed by atoms with Gasteiger partial charge in [-0.05, 0) is 20.1 Å². The Hall–Kier alpha value is -1.22. The second-order valence-corrected chi connectivity index (χ2v) is 7.31. The molecule has 0 aliphatic rings. The molecule has 0 aliphatic carbocycles. The first-order chi connectivity index (χ1) is 11.0. The van der Waals surface area contributed by atoms with Crippen LogP contribution in [0.5, 0.6) is 0 Å². The van der Waals surface area contributed by atoms with E-state index in [0.717, 1.165) is 29.5 Å². The molecule has 2 rings (SSSR count). The highest BCUT2D eigenvalue weighted by Crippen LogP contribution is 2.20. The lowest BCUT2D eigenvalue weighted by Gasteiger charge is -2.23. The van der Waals surface area contributed by atoms with Crippen molar-refractivity contribution >= 4 is 41.7 Å². The van der Waals surface area contributed by atoms with Crippen molar-refractivity contribution in [2.24, 2.45) is 4.99 Å². The van der Waals surface area contributed by atoms with Gasteiger partial charge in [0, 0.05) is 30.0 Å². The number of nitrogens with one attached hydrogen (secondary N) is 2. The van der Waals surface area contributed by atoms with Gasteiger partial charge in [0.05, 0.1) is 6.54 Å². The molecule has 24 heavy (non-hydrogen) atoms. The monoisotopic (exact) mass is 460 g/mol. The van der Waals surface area contributed by atoms with Gasteiger partial charge in [0.1, 0.15) is 5.69 Å². The topological polar surface area (TPSA) is 62.5 Å². The number of guanidine groups is 1. The van der Waals surface area contributed by atoms with E-state index in [1.807, 2.05) is 48.2 Å². The lowest BCUT2D eigenvalue weighted by Crippen LogP contribution is -2.43. The van der Waals surface area contributed by atoms with E-state index in [9.17, 15) is 0 Å². The molecule has 1 aromatic carbocycles. The molecule has 2 N–H and O–H groups in total. The molecule has 1 heterocycles. The zero-order chi connectivity index (χ0) is 16.7. The van der Waals surface area contributed by atoms with Crippen LogP contribution in [-0.2, 0) is 6.54 Å². The molecule has 0 aliphatic heterocycles. The van der Waals surface area contributed by atoms with Gasteiger partial charge in [0.15, 0.2) is 11.7 Å². The van der Waals surface area contributed by atoms with Crippen molar-refractivity contribution < 1.29 is 4.52 Å². The molecule has 0 amide bonds. The van der Waals surface area contributed by atoms with Crippen LogP contribution in [0, 0.1) is 0 Å². The Morgan fingerprint density at radius 2 is 1.96 bits per heavy atom. The van der Waals surface area contributed by atoms with Crippen LogP contribution in [0.1, 0.15) is 19.5 Å². The third-order valence-electron chi connectivity index (χ3n) is 3.51. The van der Waals surface area contributed by atoms with Crippen LogP contribution in [0.25, 0.3) is 11.3 Å². The summed E-state index contributed by atoms with van der Waals surface area (Å²) in [7, 11) is 1.76. The van der Waals surface area contributed by atoms with E-state index >= 15 is 0 Å².